The highest BCUT2D eigenvalue weighted by Crippen LogP contribution is 2.52. The molecule has 0 spiro atoms. The molecule has 102 valence electrons. The Morgan fingerprint density at radius 1 is 1.61 bits per heavy atom. The molecule has 1 aliphatic rings. The number of aliphatic carboxylic acids is 1. The molecule has 1 aliphatic carbocycles. The number of carboxylic acid groups (broad SMARTS) is 1. The molecule has 0 bridgehead atoms. The molecule has 5 heteroatoms. The van der Waals surface area contributed by atoms with Gasteiger partial charge < -0.3 is 15.2 Å². The van der Waals surface area contributed by atoms with Crippen LogP contribution < -0.4 is 5.32 Å². The monoisotopic (exact) mass is 255 g/mol. The van der Waals surface area contributed by atoms with Crippen LogP contribution in [0.15, 0.2) is 12.7 Å². The van der Waals surface area contributed by atoms with Crippen molar-refractivity contribution in [2.45, 2.75) is 33.2 Å². The number of alkyl carbamates (subject to hydrolysis) is 1. The Kier molecular flexibility index (Phi) is 4.38. The minimum atomic E-state index is -0.766. The maximum atomic E-state index is 11.4. The van der Waals surface area contributed by atoms with Crippen LogP contribution in [-0.2, 0) is 9.53 Å². The fourth-order valence-corrected chi connectivity index (χ4v) is 2.69. The van der Waals surface area contributed by atoms with Crippen LogP contribution in [0.2, 0.25) is 0 Å². The zero-order valence-corrected chi connectivity index (χ0v) is 11.1. The van der Waals surface area contributed by atoms with Gasteiger partial charge in [0, 0.05) is 6.04 Å². The zero-order chi connectivity index (χ0) is 13.9. The topological polar surface area (TPSA) is 75.6 Å². The van der Waals surface area contributed by atoms with E-state index in [4.69, 9.17) is 9.84 Å². The summed E-state index contributed by atoms with van der Waals surface area (Å²) in [4.78, 5) is 22.4. The summed E-state index contributed by atoms with van der Waals surface area (Å²) >= 11 is 0. The van der Waals surface area contributed by atoms with E-state index in [1.807, 2.05) is 20.8 Å². The Bertz CT molecular complexity index is 351. The molecule has 1 amide bonds. The van der Waals surface area contributed by atoms with Crippen molar-refractivity contribution >= 4 is 12.1 Å². The minimum Gasteiger partial charge on any atom is -0.481 e. The van der Waals surface area contributed by atoms with Gasteiger partial charge in [0.1, 0.15) is 6.61 Å². The lowest BCUT2D eigenvalue weighted by Gasteiger charge is -2.52. The van der Waals surface area contributed by atoms with E-state index < -0.39 is 12.1 Å². The number of hydrogen-bond donors (Lipinski definition) is 2. The van der Waals surface area contributed by atoms with E-state index in [2.05, 4.69) is 11.9 Å². The van der Waals surface area contributed by atoms with Crippen molar-refractivity contribution < 1.29 is 19.4 Å². The van der Waals surface area contributed by atoms with Gasteiger partial charge in [-0.1, -0.05) is 26.5 Å². The van der Waals surface area contributed by atoms with Crippen LogP contribution in [0.5, 0.6) is 0 Å². The molecule has 0 aromatic heterocycles. The molecular weight excluding hydrogens is 234 g/mol. The van der Waals surface area contributed by atoms with Crippen molar-refractivity contribution in [2.75, 3.05) is 6.61 Å². The number of rotatable bonds is 5. The van der Waals surface area contributed by atoms with Crippen LogP contribution in [0.1, 0.15) is 27.2 Å². The summed E-state index contributed by atoms with van der Waals surface area (Å²) in [6.45, 7) is 9.35. The SMILES string of the molecule is C=CCOC(=O)NC(C)[C@@H]1C[C@H](C(=O)O)C1(C)C. The van der Waals surface area contributed by atoms with Gasteiger partial charge in [-0.25, -0.2) is 4.79 Å². The van der Waals surface area contributed by atoms with E-state index in [1.54, 1.807) is 0 Å². The number of carbonyl (C=O) groups excluding carboxylic acids is 1. The molecular formula is C13H21NO4. The van der Waals surface area contributed by atoms with E-state index >= 15 is 0 Å². The van der Waals surface area contributed by atoms with Gasteiger partial charge in [0.25, 0.3) is 0 Å². The highest BCUT2D eigenvalue weighted by Gasteiger charge is 2.53. The summed E-state index contributed by atoms with van der Waals surface area (Å²) in [6.07, 6.45) is 1.60. The maximum absolute atomic E-state index is 11.4. The molecule has 5 nitrogen and oxygen atoms in total. The highest BCUT2D eigenvalue weighted by molar-refractivity contribution is 5.73. The highest BCUT2D eigenvalue weighted by atomic mass is 16.5. The first-order chi connectivity index (χ1) is 8.30. The van der Waals surface area contributed by atoms with Gasteiger partial charge in [0.05, 0.1) is 5.92 Å². The third-order valence-corrected chi connectivity index (χ3v) is 3.92. The van der Waals surface area contributed by atoms with E-state index in [-0.39, 0.29) is 29.9 Å². The van der Waals surface area contributed by atoms with Crippen molar-refractivity contribution in [3.05, 3.63) is 12.7 Å². The van der Waals surface area contributed by atoms with Gasteiger partial charge in [-0.2, -0.15) is 0 Å². The van der Waals surface area contributed by atoms with Gasteiger partial charge >= 0.3 is 12.1 Å². The molecule has 1 unspecified atom stereocenters. The second-order valence-electron chi connectivity index (χ2n) is 5.37. The number of carbonyl (C=O) groups is 2. The maximum Gasteiger partial charge on any atom is 0.407 e. The van der Waals surface area contributed by atoms with Gasteiger partial charge in [-0.05, 0) is 24.7 Å². The Morgan fingerprint density at radius 3 is 2.67 bits per heavy atom. The van der Waals surface area contributed by atoms with Gasteiger partial charge in [0.2, 0.25) is 0 Å². The fourth-order valence-electron chi connectivity index (χ4n) is 2.69. The molecule has 0 heterocycles. The molecule has 2 N–H and O–H groups in total. The number of amides is 1. The Hall–Kier alpha value is -1.52. The lowest BCUT2D eigenvalue weighted by atomic mass is 9.53. The van der Waals surface area contributed by atoms with Crippen LogP contribution in [0, 0.1) is 17.3 Å². The molecule has 3 atom stereocenters. The molecule has 0 saturated heterocycles. The molecule has 18 heavy (non-hydrogen) atoms. The van der Waals surface area contributed by atoms with Gasteiger partial charge in [-0.15, -0.1) is 0 Å². The number of carboxylic acids is 1. The summed E-state index contributed by atoms with van der Waals surface area (Å²) in [5, 5.41) is 11.8. The number of ether oxygens (including phenoxy) is 1. The fraction of sp³-hybridized carbons (Fsp3) is 0.692. The van der Waals surface area contributed by atoms with Crippen LogP contribution in [0.3, 0.4) is 0 Å². The first-order valence-corrected chi connectivity index (χ1v) is 6.07. The molecule has 1 saturated carbocycles. The predicted molar refractivity (Wildman–Crippen MR) is 67.2 cm³/mol. The molecule has 0 aromatic rings. The van der Waals surface area contributed by atoms with Gasteiger partial charge in [0.15, 0.2) is 0 Å². The third-order valence-electron chi connectivity index (χ3n) is 3.92. The summed E-state index contributed by atoms with van der Waals surface area (Å²) < 4.78 is 4.84. The van der Waals surface area contributed by atoms with Crippen molar-refractivity contribution in [3.8, 4) is 0 Å². The van der Waals surface area contributed by atoms with Crippen LogP contribution >= 0.6 is 0 Å². The Balaban J connectivity index is 2.49. The Labute approximate surface area is 107 Å². The first kappa shape index (κ1) is 14.5. The van der Waals surface area contributed by atoms with Crippen molar-refractivity contribution in [2.24, 2.45) is 17.3 Å². The lowest BCUT2D eigenvalue weighted by Crippen LogP contribution is -2.56. The van der Waals surface area contributed by atoms with Crippen molar-refractivity contribution in [1.29, 1.82) is 0 Å². The second-order valence-corrected chi connectivity index (χ2v) is 5.37. The Morgan fingerprint density at radius 2 is 2.22 bits per heavy atom. The largest absolute Gasteiger partial charge is 0.481 e. The molecule has 0 aromatic carbocycles. The minimum absolute atomic E-state index is 0.104. The third kappa shape index (κ3) is 2.83. The smallest absolute Gasteiger partial charge is 0.407 e. The van der Waals surface area contributed by atoms with E-state index in [1.165, 1.54) is 6.08 Å². The van der Waals surface area contributed by atoms with E-state index in [0.29, 0.717) is 6.42 Å². The normalized spacial score (nSPS) is 26.6. The quantitative estimate of drug-likeness (QED) is 0.737. The standard InChI is InChI=1S/C13H21NO4/c1-5-6-18-12(17)14-8(2)9-7-10(11(15)16)13(9,3)4/h5,8-10H,1,6-7H2,2-4H3,(H,14,17)(H,15,16)/t8?,9-,10+/m0/s1. The number of nitrogens with one attached hydrogen (secondary N) is 1. The predicted octanol–water partition coefficient (Wildman–Crippen LogP) is 2.03. The number of hydrogen-bond acceptors (Lipinski definition) is 3. The lowest BCUT2D eigenvalue weighted by molar-refractivity contribution is -0.160. The molecule has 0 radical (unpaired) electrons. The molecule has 1 fully saturated rings. The summed E-state index contributed by atoms with van der Waals surface area (Å²) in [6, 6.07) is -0.104. The second kappa shape index (κ2) is 5.42. The zero-order valence-electron chi connectivity index (χ0n) is 11.1. The first-order valence-electron chi connectivity index (χ1n) is 6.07. The average Bonchev–Trinajstić information content (AvgIpc) is 2.24. The van der Waals surface area contributed by atoms with Gasteiger partial charge in [-0.3, -0.25) is 4.79 Å². The molecule has 1 rings (SSSR count). The summed E-state index contributed by atoms with van der Waals surface area (Å²) in [5.74, 6) is -0.955. The summed E-state index contributed by atoms with van der Waals surface area (Å²) in [7, 11) is 0. The average molecular weight is 255 g/mol. The van der Waals surface area contributed by atoms with Crippen molar-refractivity contribution in [1.82, 2.24) is 5.32 Å². The van der Waals surface area contributed by atoms with Crippen LogP contribution in [0.25, 0.3) is 0 Å². The van der Waals surface area contributed by atoms with Crippen LogP contribution in [0.4, 0.5) is 4.79 Å². The summed E-state index contributed by atoms with van der Waals surface area (Å²) in [5.41, 5.74) is -0.309. The van der Waals surface area contributed by atoms with E-state index in [0.717, 1.165) is 0 Å². The molecule has 0 aliphatic heterocycles. The van der Waals surface area contributed by atoms with E-state index in [9.17, 15) is 9.59 Å². The van der Waals surface area contributed by atoms with Crippen LogP contribution in [-0.4, -0.2) is 29.8 Å². The van der Waals surface area contributed by atoms with Crippen molar-refractivity contribution in [3.63, 3.8) is 0 Å².